The van der Waals surface area contributed by atoms with Crippen molar-refractivity contribution in [2.75, 3.05) is 5.32 Å². The van der Waals surface area contributed by atoms with E-state index in [9.17, 15) is 19.6 Å². The molecule has 1 unspecified atom stereocenters. The monoisotopic (exact) mass is 276 g/mol. The van der Waals surface area contributed by atoms with E-state index in [0.29, 0.717) is 0 Å². The lowest BCUT2D eigenvalue weighted by Gasteiger charge is -2.15. The lowest BCUT2D eigenvalue weighted by molar-refractivity contribution is -0.384. The van der Waals surface area contributed by atoms with Gasteiger partial charge in [0.05, 0.1) is 4.92 Å². The van der Waals surface area contributed by atoms with Gasteiger partial charge < -0.3 is 10.4 Å². The summed E-state index contributed by atoms with van der Waals surface area (Å²) < 4.78 is 13.2. The van der Waals surface area contributed by atoms with E-state index in [1.807, 2.05) is 0 Å². The summed E-state index contributed by atoms with van der Waals surface area (Å²) in [6.45, 7) is 1.79. The molecule has 2 aromatic rings. The molecule has 6 heteroatoms. The van der Waals surface area contributed by atoms with Crippen molar-refractivity contribution in [3.63, 3.8) is 0 Å². The maximum absolute atomic E-state index is 13.2. The van der Waals surface area contributed by atoms with Gasteiger partial charge in [-0.1, -0.05) is 12.1 Å². The summed E-state index contributed by atoms with van der Waals surface area (Å²) >= 11 is 0. The molecule has 0 radical (unpaired) electrons. The van der Waals surface area contributed by atoms with Crippen molar-refractivity contribution < 1.29 is 14.4 Å². The number of nitrogens with one attached hydrogen (secondary N) is 1. The number of aromatic hydroxyl groups is 1. The van der Waals surface area contributed by atoms with Crippen molar-refractivity contribution in [2.45, 2.75) is 13.0 Å². The molecule has 0 heterocycles. The van der Waals surface area contributed by atoms with E-state index < -0.39 is 10.7 Å². The van der Waals surface area contributed by atoms with Crippen LogP contribution in [0.15, 0.2) is 42.5 Å². The normalized spacial score (nSPS) is 11.9. The summed E-state index contributed by atoms with van der Waals surface area (Å²) in [6, 6.07) is 9.43. The number of anilines is 1. The quantitative estimate of drug-likeness (QED) is 0.660. The third-order valence-corrected chi connectivity index (χ3v) is 2.92. The van der Waals surface area contributed by atoms with Crippen LogP contribution in [0.1, 0.15) is 18.5 Å². The van der Waals surface area contributed by atoms with Gasteiger partial charge in [-0.3, -0.25) is 10.1 Å². The molecule has 104 valence electrons. The summed E-state index contributed by atoms with van der Waals surface area (Å²) in [7, 11) is 0. The fraction of sp³-hybridized carbons (Fsp3) is 0.143. The Morgan fingerprint density at radius 2 is 1.90 bits per heavy atom. The van der Waals surface area contributed by atoms with Crippen LogP contribution >= 0.6 is 0 Å². The Morgan fingerprint density at radius 1 is 1.25 bits per heavy atom. The Balaban J connectivity index is 2.27. The van der Waals surface area contributed by atoms with E-state index in [0.717, 1.165) is 23.8 Å². The largest absolute Gasteiger partial charge is 0.508 e. The van der Waals surface area contributed by atoms with Crippen molar-refractivity contribution in [3.05, 3.63) is 64.0 Å². The van der Waals surface area contributed by atoms with Gasteiger partial charge in [0.2, 0.25) is 0 Å². The van der Waals surface area contributed by atoms with E-state index in [1.165, 1.54) is 12.1 Å². The summed E-state index contributed by atoms with van der Waals surface area (Å²) in [5, 5.41) is 23.0. The number of nitro groups is 1. The van der Waals surface area contributed by atoms with Crippen molar-refractivity contribution >= 4 is 11.4 Å². The number of nitro benzene ring substituents is 1. The van der Waals surface area contributed by atoms with Crippen molar-refractivity contribution in [3.8, 4) is 5.75 Å². The molecule has 5 nitrogen and oxygen atoms in total. The standard InChI is InChI=1S/C14H13FN2O3/c1-9(10-2-5-12(18)6-3-10)16-13-8-11(15)4-7-14(13)17(19)20/h2-9,16,18H,1H3. The van der Waals surface area contributed by atoms with Crippen LogP contribution < -0.4 is 5.32 Å². The highest BCUT2D eigenvalue weighted by Gasteiger charge is 2.16. The summed E-state index contributed by atoms with van der Waals surface area (Å²) in [5.41, 5.74) is 0.758. The second-order valence-corrected chi connectivity index (χ2v) is 4.38. The minimum Gasteiger partial charge on any atom is -0.508 e. The zero-order chi connectivity index (χ0) is 14.7. The topological polar surface area (TPSA) is 75.4 Å². The van der Waals surface area contributed by atoms with Crippen molar-refractivity contribution in [1.29, 1.82) is 0 Å². The Kier molecular flexibility index (Phi) is 3.84. The Bertz CT molecular complexity index is 629. The lowest BCUT2D eigenvalue weighted by Crippen LogP contribution is -2.08. The first-order valence-corrected chi connectivity index (χ1v) is 5.97. The molecule has 0 saturated carbocycles. The molecule has 2 aromatic carbocycles. The molecular formula is C14H13FN2O3. The Morgan fingerprint density at radius 3 is 2.50 bits per heavy atom. The molecule has 0 aliphatic rings. The smallest absolute Gasteiger partial charge is 0.292 e. The molecule has 0 amide bonds. The highest BCUT2D eigenvalue weighted by atomic mass is 19.1. The number of hydrogen-bond donors (Lipinski definition) is 2. The van der Waals surface area contributed by atoms with Crippen LogP contribution in [-0.2, 0) is 0 Å². The van der Waals surface area contributed by atoms with Crippen LogP contribution in [0, 0.1) is 15.9 Å². The zero-order valence-corrected chi connectivity index (χ0v) is 10.7. The van der Waals surface area contributed by atoms with Gasteiger partial charge in [-0.05, 0) is 30.7 Å². The first-order valence-electron chi connectivity index (χ1n) is 5.97. The second kappa shape index (κ2) is 5.56. The van der Waals surface area contributed by atoms with E-state index in [2.05, 4.69) is 5.32 Å². The maximum atomic E-state index is 13.2. The predicted octanol–water partition coefficient (Wildman–Crippen LogP) is 3.61. The molecule has 0 saturated heterocycles. The summed E-state index contributed by atoms with van der Waals surface area (Å²) in [6.07, 6.45) is 0. The van der Waals surface area contributed by atoms with E-state index in [1.54, 1.807) is 19.1 Å². The minimum atomic E-state index is -0.564. The van der Waals surface area contributed by atoms with Gasteiger partial charge >= 0.3 is 0 Å². The van der Waals surface area contributed by atoms with Crippen LogP contribution in [0.4, 0.5) is 15.8 Å². The van der Waals surface area contributed by atoms with Gasteiger partial charge in [0.25, 0.3) is 5.69 Å². The van der Waals surface area contributed by atoms with E-state index in [-0.39, 0.29) is 23.2 Å². The van der Waals surface area contributed by atoms with Gasteiger partial charge in [-0.2, -0.15) is 0 Å². The van der Waals surface area contributed by atoms with Crippen LogP contribution in [0.5, 0.6) is 5.75 Å². The highest BCUT2D eigenvalue weighted by Crippen LogP contribution is 2.29. The third-order valence-electron chi connectivity index (χ3n) is 2.92. The highest BCUT2D eigenvalue weighted by molar-refractivity contribution is 5.62. The summed E-state index contributed by atoms with van der Waals surface area (Å²) in [5.74, 6) is -0.409. The van der Waals surface area contributed by atoms with Gasteiger partial charge in [-0.15, -0.1) is 0 Å². The number of phenols is 1. The van der Waals surface area contributed by atoms with Crippen LogP contribution in [-0.4, -0.2) is 10.0 Å². The number of nitrogens with zero attached hydrogens (tertiary/aromatic N) is 1. The van der Waals surface area contributed by atoms with Gasteiger partial charge in [0.15, 0.2) is 0 Å². The maximum Gasteiger partial charge on any atom is 0.292 e. The second-order valence-electron chi connectivity index (χ2n) is 4.38. The number of hydrogen-bond acceptors (Lipinski definition) is 4. The van der Waals surface area contributed by atoms with Crippen LogP contribution in [0.3, 0.4) is 0 Å². The third kappa shape index (κ3) is 3.03. The van der Waals surface area contributed by atoms with E-state index >= 15 is 0 Å². The molecular weight excluding hydrogens is 263 g/mol. The first kappa shape index (κ1) is 13.8. The minimum absolute atomic E-state index is 0.121. The Labute approximate surface area is 114 Å². The average Bonchev–Trinajstić information content (AvgIpc) is 2.39. The van der Waals surface area contributed by atoms with Crippen LogP contribution in [0.2, 0.25) is 0 Å². The molecule has 2 N–H and O–H groups in total. The molecule has 0 bridgehead atoms. The summed E-state index contributed by atoms with van der Waals surface area (Å²) in [4.78, 5) is 10.3. The van der Waals surface area contributed by atoms with Crippen molar-refractivity contribution in [2.24, 2.45) is 0 Å². The SMILES string of the molecule is CC(Nc1cc(F)ccc1[N+](=O)[O-])c1ccc(O)cc1. The Hall–Kier alpha value is -2.63. The molecule has 0 aromatic heterocycles. The zero-order valence-electron chi connectivity index (χ0n) is 10.7. The fourth-order valence-electron chi connectivity index (χ4n) is 1.86. The molecule has 0 aliphatic heterocycles. The molecule has 0 aliphatic carbocycles. The molecule has 20 heavy (non-hydrogen) atoms. The van der Waals surface area contributed by atoms with Crippen LogP contribution in [0.25, 0.3) is 0 Å². The average molecular weight is 276 g/mol. The molecule has 2 rings (SSSR count). The lowest BCUT2D eigenvalue weighted by atomic mass is 10.1. The predicted molar refractivity (Wildman–Crippen MR) is 73.2 cm³/mol. The fourth-order valence-corrected chi connectivity index (χ4v) is 1.86. The van der Waals surface area contributed by atoms with Gasteiger partial charge in [0.1, 0.15) is 17.3 Å². The first-order chi connectivity index (χ1) is 9.47. The number of halogens is 1. The number of rotatable bonds is 4. The van der Waals surface area contributed by atoms with E-state index in [4.69, 9.17) is 0 Å². The van der Waals surface area contributed by atoms with Gasteiger partial charge in [0, 0.05) is 18.2 Å². The van der Waals surface area contributed by atoms with Gasteiger partial charge in [-0.25, -0.2) is 4.39 Å². The molecule has 0 fully saturated rings. The van der Waals surface area contributed by atoms with Crippen molar-refractivity contribution in [1.82, 2.24) is 0 Å². The molecule has 0 spiro atoms. The number of phenolic OH excluding ortho intramolecular Hbond substituents is 1. The molecule has 1 atom stereocenters. The number of benzene rings is 2.